The van der Waals surface area contributed by atoms with Crippen LogP contribution in [0, 0.1) is 0 Å². The molecule has 5 heterocycles. The fourth-order valence-electron chi connectivity index (χ4n) is 3.80. The molecule has 0 bridgehead atoms. The van der Waals surface area contributed by atoms with Crippen LogP contribution in [-0.4, -0.2) is 50.9 Å². The molecule has 1 unspecified atom stereocenters. The van der Waals surface area contributed by atoms with Crippen LogP contribution in [-0.2, 0) is 0 Å². The lowest BCUT2D eigenvalue weighted by Crippen LogP contribution is -2.38. The molecule has 0 saturated heterocycles. The maximum atomic E-state index is 13.6. The normalized spacial score (nSPS) is 12.3. The minimum absolute atomic E-state index is 0.107. The zero-order valence-corrected chi connectivity index (χ0v) is 20.7. The number of carbonyl (C=O) groups excluding carboxylic acids is 1. The highest BCUT2D eigenvalue weighted by atomic mass is 32.1. The molecule has 5 rings (SSSR count). The van der Waals surface area contributed by atoms with E-state index in [2.05, 4.69) is 25.4 Å². The van der Waals surface area contributed by atoms with Crippen molar-refractivity contribution in [2.45, 2.75) is 12.2 Å². The highest BCUT2D eigenvalue weighted by Gasteiger charge is 2.43. The second-order valence-corrected chi connectivity index (χ2v) is 8.89. The molecule has 0 spiro atoms. The van der Waals surface area contributed by atoms with Crippen LogP contribution in [0.4, 0.5) is 13.2 Å². The summed E-state index contributed by atoms with van der Waals surface area (Å²) in [4.78, 5) is 25.4. The highest BCUT2D eigenvalue weighted by Crippen LogP contribution is 2.34. The summed E-state index contributed by atoms with van der Waals surface area (Å²) < 4.78 is 53.0. The number of ether oxygens (including phenoxy) is 2. The van der Waals surface area contributed by atoms with Crippen molar-refractivity contribution in [3.8, 4) is 34.0 Å². The van der Waals surface area contributed by atoms with Gasteiger partial charge in [0.1, 0.15) is 0 Å². The summed E-state index contributed by atoms with van der Waals surface area (Å²) in [6.45, 7) is 0. The molecule has 1 atom stereocenters. The predicted octanol–water partition coefficient (Wildman–Crippen LogP) is 4.97. The molecular weight excluding hydrogens is 521 g/mol. The highest BCUT2D eigenvalue weighted by molar-refractivity contribution is 7.12. The Morgan fingerprint density at radius 2 is 1.89 bits per heavy atom. The summed E-state index contributed by atoms with van der Waals surface area (Å²) in [5.41, 5.74) is 2.79. The number of nitrogens with zero attached hydrogens (tertiary/aromatic N) is 5. The first kappa shape index (κ1) is 25.1. The number of fused-ring (bicyclic) bond motifs is 1. The molecule has 0 aliphatic carbocycles. The van der Waals surface area contributed by atoms with E-state index in [-0.39, 0.29) is 10.6 Å². The Balaban J connectivity index is 1.41. The summed E-state index contributed by atoms with van der Waals surface area (Å²) in [5, 5.41) is 8.08. The first-order chi connectivity index (χ1) is 18.3. The van der Waals surface area contributed by atoms with Crippen molar-refractivity contribution >= 4 is 22.9 Å². The first-order valence-corrected chi connectivity index (χ1v) is 12.0. The summed E-state index contributed by atoms with van der Waals surface area (Å²) in [5.74, 6) is -0.103. The van der Waals surface area contributed by atoms with Crippen molar-refractivity contribution in [1.29, 1.82) is 0 Å². The van der Waals surface area contributed by atoms with Gasteiger partial charge < -0.3 is 14.8 Å². The molecule has 194 valence electrons. The van der Waals surface area contributed by atoms with Crippen molar-refractivity contribution < 1.29 is 27.4 Å². The van der Waals surface area contributed by atoms with E-state index < -0.39 is 18.1 Å². The van der Waals surface area contributed by atoms with E-state index in [1.54, 1.807) is 40.6 Å². The van der Waals surface area contributed by atoms with Crippen LogP contribution >= 0.6 is 11.3 Å². The molecule has 0 aliphatic rings. The Hall–Kier alpha value is -4.52. The summed E-state index contributed by atoms with van der Waals surface area (Å²) in [6.07, 6.45) is 1.49. The molecule has 1 N–H and O–H groups in total. The van der Waals surface area contributed by atoms with Crippen LogP contribution < -0.4 is 14.8 Å². The zero-order valence-electron chi connectivity index (χ0n) is 19.9. The van der Waals surface area contributed by atoms with Gasteiger partial charge in [0.2, 0.25) is 11.8 Å². The molecule has 0 aliphatic heterocycles. The topological polar surface area (TPSA) is 104 Å². The van der Waals surface area contributed by atoms with E-state index in [0.717, 1.165) is 11.3 Å². The van der Waals surface area contributed by atoms with Gasteiger partial charge in [0.25, 0.3) is 5.91 Å². The van der Waals surface area contributed by atoms with Gasteiger partial charge in [-0.1, -0.05) is 6.07 Å². The van der Waals surface area contributed by atoms with Gasteiger partial charge in [-0.05, 0) is 35.2 Å². The van der Waals surface area contributed by atoms with Gasteiger partial charge in [0.05, 0.1) is 31.0 Å². The Morgan fingerprint density at radius 1 is 1.05 bits per heavy atom. The maximum Gasteiger partial charge on any atom is 0.414 e. The fraction of sp³-hybridized carbons (Fsp3) is 0.160. The number of nitrogens with one attached hydrogen (secondary N) is 1. The molecule has 38 heavy (non-hydrogen) atoms. The molecule has 0 aromatic carbocycles. The summed E-state index contributed by atoms with van der Waals surface area (Å²) in [6, 6.07) is 6.92. The average Bonchev–Trinajstić information content (AvgIpc) is 3.58. The smallest absolute Gasteiger partial charge is 0.414 e. The van der Waals surface area contributed by atoms with Gasteiger partial charge >= 0.3 is 6.18 Å². The van der Waals surface area contributed by atoms with Crippen molar-refractivity contribution in [2.75, 3.05) is 14.2 Å². The Labute approximate surface area is 217 Å². The largest absolute Gasteiger partial charge is 0.481 e. The van der Waals surface area contributed by atoms with Crippen LogP contribution in [0.2, 0.25) is 0 Å². The van der Waals surface area contributed by atoms with Crippen molar-refractivity contribution in [1.82, 2.24) is 29.9 Å². The molecule has 0 fully saturated rings. The van der Waals surface area contributed by atoms with Crippen LogP contribution in [0.3, 0.4) is 0 Å². The third-order valence-corrected chi connectivity index (χ3v) is 6.55. The number of methoxy groups -OCH3 is 2. The van der Waals surface area contributed by atoms with E-state index >= 15 is 0 Å². The number of pyridine rings is 2. The lowest BCUT2D eigenvalue weighted by atomic mass is 10.1. The van der Waals surface area contributed by atoms with Gasteiger partial charge in [-0.3, -0.25) is 9.78 Å². The standard InChI is InChI=1S/C25H19F3N6O3S/c1-36-20-7-6-16(24(32-20)37-2)15-10-30-22-17(11-31-34(22)12-15)14-9-19(38-13-14)23(35)33-21(25(26,27)28)18-5-3-4-8-29-18/h3-13,21H,1-2H3,(H,33,35). The average molecular weight is 541 g/mol. The SMILES string of the molecule is COc1ccc(-c2cnc3c(-c4csc(C(=O)NC(c5ccccn5)C(F)(F)F)c4)cnn3c2)c(OC)n1. The second kappa shape index (κ2) is 10.1. The predicted molar refractivity (Wildman–Crippen MR) is 133 cm³/mol. The lowest BCUT2D eigenvalue weighted by molar-refractivity contribution is -0.156. The van der Waals surface area contributed by atoms with Crippen molar-refractivity contribution in [3.05, 3.63) is 77.1 Å². The quantitative estimate of drug-likeness (QED) is 0.311. The van der Waals surface area contributed by atoms with E-state index in [1.165, 1.54) is 44.7 Å². The monoisotopic (exact) mass is 540 g/mol. The van der Waals surface area contributed by atoms with Gasteiger partial charge in [-0.15, -0.1) is 11.3 Å². The van der Waals surface area contributed by atoms with E-state index in [9.17, 15) is 18.0 Å². The summed E-state index contributed by atoms with van der Waals surface area (Å²) >= 11 is 1.02. The van der Waals surface area contributed by atoms with E-state index in [4.69, 9.17) is 9.47 Å². The Morgan fingerprint density at radius 3 is 2.61 bits per heavy atom. The molecule has 0 saturated carbocycles. The Bertz CT molecular complexity index is 1600. The lowest BCUT2D eigenvalue weighted by Gasteiger charge is -2.20. The number of rotatable bonds is 7. The van der Waals surface area contributed by atoms with Gasteiger partial charge in [-0.2, -0.15) is 23.3 Å². The number of carbonyl (C=O) groups is 1. The van der Waals surface area contributed by atoms with Crippen molar-refractivity contribution in [3.63, 3.8) is 0 Å². The number of hydrogen-bond donors (Lipinski definition) is 1. The van der Waals surface area contributed by atoms with Gasteiger partial charge in [0.15, 0.2) is 11.7 Å². The molecule has 13 heteroatoms. The molecule has 5 aromatic heterocycles. The number of amides is 1. The molecular formula is C25H19F3N6O3S. The van der Waals surface area contributed by atoms with Crippen molar-refractivity contribution in [2.24, 2.45) is 0 Å². The fourth-order valence-corrected chi connectivity index (χ4v) is 4.61. The number of alkyl halides is 3. The maximum absolute atomic E-state index is 13.6. The van der Waals surface area contributed by atoms with Crippen LogP contribution in [0.5, 0.6) is 11.8 Å². The third kappa shape index (κ3) is 4.87. The van der Waals surface area contributed by atoms with Crippen LogP contribution in [0.1, 0.15) is 21.4 Å². The second-order valence-electron chi connectivity index (χ2n) is 7.98. The minimum Gasteiger partial charge on any atom is -0.481 e. The van der Waals surface area contributed by atoms with Crippen LogP contribution in [0.15, 0.2) is 66.6 Å². The number of hydrogen-bond acceptors (Lipinski definition) is 8. The number of aromatic nitrogens is 5. The zero-order chi connectivity index (χ0) is 26.9. The van der Waals surface area contributed by atoms with E-state index in [0.29, 0.717) is 39.7 Å². The van der Waals surface area contributed by atoms with Gasteiger partial charge in [-0.25, -0.2) is 9.50 Å². The Kier molecular flexibility index (Phi) is 6.68. The molecule has 0 radical (unpaired) electrons. The molecule has 9 nitrogen and oxygen atoms in total. The number of thiophene rings is 1. The minimum atomic E-state index is -4.71. The summed E-state index contributed by atoms with van der Waals surface area (Å²) in [7, 11) is 3.01. The molecule has 5 aromatic rings. The van der Waals surface area contributed by atoms with Gasteiger partial charge in [0, 0.05) is 41.3 Å². The van der Waals surface area contributed by atoms with E-state index in [1.807, 2.05) is 0 Å². The first-order valence-electron chi connectivity index (χ1n) is 11.1. The van der Waals surface area contributed by atoms with Crippen LogP contribution in [0.25, 0.3) is 27.9 Å². The number of halogens is 3. The third-order valence-electron chi connectivity index (χ3n) is 5.63. The molecule has 1 amide bonds.